The van der Waals surface area contributed by atoms with Crippen LogP contribution in [0.15, 0.2) is 48.5 Å². The number of nitrogens with one attached hydrogen (secondary N) is 1. The first-order valence-corrected chi connectivity index (χ1v) is 7.14. The van der Waals surface area contributed by atoms with Gasteiger partial charge in [-0.15, -0.1) is 0 Å². The van der Waals surface area contributed by atoms with Crippen LogP contribution < -0.4 is 5.32 Å². The number of hydrogen-bond donors (Lipinski definition) is 2. The van der Waals surface area contributed by atoms with Gasteiger partial charge >= 0.3 is 0 Å². The number of halogens is 1. The van der Waals surface area contributed by atoms with E-state index in [2.05, 4.69) is 11.4 Å². The lowest BCUT2D eigenvalue weighted by Crippen LogP contribution is -2.31. The maximum absolute atomic E-state index is 10.3. The second-order valence-electron chi connectivity index (χ2n) is 4.97. The molecule has 0 aromatic heterocycles. The maximum atomic E-state index is 10.3. The van der Waals surface area contributed by atoms with E-state index >= 15 is 0 Å². The number of aliphatic hydroxyl groups excluding tert-OH is 1. The van der Waals surface area contributed by atoms with Gasteiger partial charge < -0.3 is 10.4 Å². The Hall–Kier alpha value is -1.86. The van der Waals surface area contributed by atoms with Gasteiger partial charge in [-0.3, -0.25) is 0 Å². The van der Waals surface area contributed by atoms with Crippen LogP contribution in [-0.2, 0) is 6.54 Å². The van der Waals surface area contributed by atoms with Gasteiger partial charge in [-0.1, -0.05) is 35.9 Å². The van der Waals surface area contributed by atoms with E-state index in [4.69, 9.17) is 16.9 Å². The SMILES string of the molecule is CC(NCc1ccc(C#N)cc1)C(O)c1ccc(Cl)cc1. The van der Waals surface area contributed by atoms with Gasteiger partial charge in [0.1, 0.15) is 0 Å². The molecule has 0 aliphatic heterocycles. The Morgan fingerprint density at radius 2 is 1.76 bits per heavy atom. The summed E-state index contributed by atoms with van der Waals surface area (Å²) in [6, 6.07) is 16.6. The molecule has 2 rings (SSSR count). The van der Waals surface area contributed by atoms with Crippen molar-refractivity contribution in [3.8, 4) is 6.07 Å². The summed E-state index contributed by atoms with van der Waals surface area (Å²) in [6.45, 7) is 2.57. The molecule has 0 saturated carbocycles. The first-order chi connectivity index (χ1) is 10.1. The summed E-state index contributed by atoms with van der Waals surface area (Å²) in [6.07, 6.45) is -0.597. The monoisotopic (exact) mass is 300 g/mol. The van der Waals surface area contributed by atoms with E-state index in [9.17, 15) is 5.11 Å². The molecule has 0 bridgehead atoms. The molecule has 0 spiro atoms. The molecule has 3 nitrogen and oxygen atoms in total. The predicted octanol–water partition coefficient (Wildman–Crippen LogP) is 3.42. The molecule has 2 unspecified atom stereocenters. The van der Waals surface area contributed by atoms with Crippen molar-refractivity contribution < 1.29 is 5.11 Å². The van der Waals surface area contributed by atoms with Crippen LogP contribution in [-0.4, -0.2) is 11.1 Å². The molecule has 0 radical (unpaired) electrons. The fraction of sp³-hybridized carbons (Fsp3) is 0.235. The number of aliphatic hydroxyl groups is 1. The van der Waals surface area contributed by atoms with Gasteiger partial charge in [-0.2, -0.15) is 5.26 Å². The van der Waals surface area contributed by atoms with Crippen LogP contribution in [0, 0.1) is 11.3 Å². The molecule has 4 heteroatoms. The highest BCUT2D eigenvalue weighted by Crippen LogP contribution is 2.19. The Morgan fingerprint density at radius 1 is 1.14 bits per heavy atom. The van der Waals surface area contributed by atoms with E-state index in [1.165, 1.54) is 0 Å². The minimum atomic E-state index is -0.597. The molecule has 0 aliphatic carbocycles. The Labute approximate surface area is 129 Å². The molecule has 2 aromatic carbocycles. The van der Waals surface area contributed by atoms with E-state index < -0.39 is 6.10 Å². The molecule has 2 aromatic rings. The Morgan fingerprint density at radius 3 is 2.33 bits per heavy atom. The van der Waals surface area contributed by atoms with E-state index in [1.54, 1.807) is 24.3 Å². The molecular formula is C17H17ClN2O. The molecular weight excluding hydrogens is 284 g/mol. The molecule has 0 heterocycles. The Kier molecular flexibility index (Phi) is 5.35. The van der Waals surface area contributed by atoms with Gasteiger partial charge in [-0.25, -0.2) is 0 Å². The molecule has 108 valence electrons. The smallest absolute Gasteiger partial charge is 0.0991 e. The van der Waals surface area contributed by atoms with Crippen LogP contribution in [0.3, 0.4) is 0 Å². The number of nitrogens with zero attached hydrogens (tertiary/aromatic N) is 1. The maximum Gasteiger partial charge on any atom is 0.0991 e. The topological polar surface area (TPSA) is 56.0 Å². The minimum Gasteiger partial charge on any atom is -0.387 e. The summed E-state index contributed by atoms with van der Waals surface area (Å²) >= 11 is 5.84. The summed E-state index contributed by atoms with van der Waals surface area (Å²) in [5.41, 5.74) is 2.55. The summed E-state index contributed by atoms with van der Waals surface area (Å²) in [4.78, 5) is 0. The van der Waals surface area contributed by atoms with Gasteiger partial charge in [0.25, 0.3) is 0 Å². The highest BCUT2D eigenvalue weighted by molar-refractivity contribution is 6.30. The lowest BCUT2D eigenvalue weighted by molar-refractivity contribution is 0.135. The van der Waals surface area contributed by atoms with Crippen molar-refractivity contribution >= 4 is 11.6 Å². The Bertz CT molecular complexity index is 617. The first-order valence-electron chi connectivity index (χ1n) is 6.76. The van der Waals surface area contributed by atoms with Crippen molar-refractivity contribution in [3.63, 3.8) is 0 Å². The Balaban J connectivity index is 1.92. The fourth-order valence-corrected chi connectivity index (χ4v) is 2.16. The van der Waals surface area contributed by atoms with Gasteiger partial charge in [0.05, 0.1) is 17.7 Å². The third kappa shape index (κ3) is 4.30. The van der Waals surface area contributed by atoms with Crippen LogP contribution in [0.1, 0.15) is 29.7 Å². The van der Waals surface area contributed by atoms with Gasteiger partial charge in [0.2, 0.25) is 0 Å². The molecule has 2 atom stereocenters. The number of benzene rings is 2. The number of hydrogen-bond acceptors (Lipinski definition) is 3. The van der Waals surface area contributed by atoms with Crippen LogP contribution in [0.2, 0.25) is 5.02 Å². The molecule has 21 heavy (non-hydrogen) atoms. The van der Waals surface area contributed by atoms with E-state index in [-0.39, 0.29) is 6.04 Å². The third-order valence-electron chi connectivity index (χ3n) is 3.40. The quantitative estimate of drug-likeness (QED) is 0.889. The first kappa shape index (κ1) is 15.5. The average Bonchev–Trinajstić information content (AvgIpc) is 2.53. The van der Waals surface area contributed by atoms with E-state index in [1.807, 2.05) is 31.2 Å². The van der Waals surface area contributed by atoms with Crippen molar-refractivity contribution in [1.82, 2.24) is 5.32 Å². The van der Waals surface area contributed by atoms with Crippen molar-refractivity contribution in [2.24, 2.45) is 0 Å². The van der Waals surface area contributed by atoms with Crippen LogP contribution in [0.4, 0.5) is 0 Å². The van der Waals surface area contributed by atoms with Crippen LogP contribution in [0.25, 0.3) is 0 Å². The van der Waals surface area contributed by atoms with Crippen LogP contribution >= 0.6 is 11.6 Å². The fourth-order valence-electron chi connectivity index (χ4n) is 2.04. The van der Waals surface area contributed by atoms with Gasteiger partial charge in [-0.05, 0) is 42.3 Å². The molecule has 0 fully saturated rings. The molecule has 0 saturated heterocycles. The lowest BCUT2D eigenvalue weighted by atomic mass is 10.0. The van der Waals surface area contributed by atoms with Crippen molar-refractivity contribution in [3.05, 3.63) is 70.2 Å². The number of nitriles is 1. The van der Waals surface area contributed by atoms with Crippen molar-refractivity contribution in [2.75, 3.05) is 0 Å². The van der Waals surface area contributed by atoms with E-state index in [0.717, 1.165) is 11.1 Å². The molecule has 0 aliphatic rings. The second-order valence-corrected chi connectivity index (χ2v) is 5.41. The summed E-state index contributed by atoms with van der Waals surface area (Å²) in [7, 11) is 0. The van der Waals surface area contributed by atoms with Crippen molar-refractivity contribution in [2.45, 2.75) is 25.6 Å². The van der Waals surface area contributed by atoms with Crippen molar-refractivity contribution in [1.29, 1.82) is 5.26 Å². The highest BCUT2D eigenvalue weighted by Gasteiger charge is 2.15. The lowest BCUT2D eigenvalue weighted by Gasteiger charge is -2.21. The number of rotatable bonds is 5. The zero-order valence-corrected chi connectivity index (χ0v) is 12.5. The van der Waals surface area contributed by atoms with Crippen LogP contribution in [0.5, 0.6) is 0 Å². The summed E-state index contributed by atoms with van der Waals surface area (Å²) in [5.74, 6) is 0. The largest absolute Gasteiger partial charge is 0.387 e. The molecule has 2 N–H and O–H groups in total. The summed E-state index contributed by atoms with van der Waals surface area (Å²) < 4.78 is 0. The zero-order chi connectivity index (χ0) is 15.2. The minimum absolute atomic E-state index is 0.0955. The van der Waals surface area contributed by atoms with E-state index in [0.29, 0.717) is 17.1 Å². The summed E-state index contributed by atoms with van der Waals surface area (Å²) in [5, 5.41) is 23.0. The highest BCUT2D eigenvalue weighted by atomic mass is 35.5. The zero-order valence-electron chi connectivity index (χ0n) is 11.8. The predicted molar refractivity (Wildman–Crippen MR) is 83.9 cm³/mol. The van der Waals surface area contributed by atoms with Gasteiger partial charge in [0.15, 0.2) is 0 Å². The normalized spacial score (nSPS) is 13.4. The second kappa shape index (κ2) is 7.24. The standard InChI is InChI=1S/C17H17ClN2O/c1-12(17(21)15-6-8-16(18)9-7-15)20-11-14-4-2-13(10-19)3-5-14/h2-9,12,17,20-21H,11H2,1H3. The van der Waals surface area contributed by atoms with Gasteiger partial charge in [0, 0.05) is 17.6 Å². The molecule has 0 amide bonds. The average molecular weight is 301 g/mol. The third-order valence-corrected chi connectivity index (χ3v) is 3.65.